The summed E-state index contributed by atoms with van der Waals surface area (Å²) in [5.41, 5.74) is 0.852. The number of carbonyl (C=O) groups is 2. The molecule has 1 amide bonds. The number of nitrogens with zero attached hydrogens (tertiary/aromatic N) is 3. The Morgan fingerprint density at radius 2 is 2.37 bits per heavy atom. The van der Waals surface area contributed by atoms with Gasteiger partial charge in [0.25, 0.3) is 0 Å². The molecule has 102 valence electrons. The maximum Gasteiger partial charge on any atom is 0.305 e. The van der Waals surface area contributed by atoms with E-state index >= 15 is 0 Å². The van der Waals surface area contributed by atoms with Crippen LogP contribution >= 0.6 is 0 Å². The average Bonchev–Trinajstić information content (AvgIpc) is 2.94. The van der Waals surface area contributed by atoms with E-state index in [1.165, 1.54) is 6.08 Å². The van der Waals surface area contributed by atoms with Gasteiger partial charge in [-0.2, -0.15) is 5.10 Å². The highest BCUT2D eigenvalue weighted by Gasteiger charge is 2.28. The molecule has 1 saturated heterocycles. The summed E-state index contributed by atoms with van der Waals surface area (Å²) < 4.78 is 1.66. The number of carboxylic acids is 1. The first kappa shape index (κ1) is 13.3. The predicted molar refractivity (Wildman–Crippen MR) is 69.2 cm³/mol. The van der Waals surface area contributed by atoms with Gasteiger partial charge in [0.05, 0.1) is 12.6 Å². The molecular formula is C13H17N3O3. The number of carboxylic acid groups (broad SMARTS) is 1. The lowest BCUT2D eigenvalue weighted by molar-refractivity contribution is -0.139. The molecule has 1 atom stereocenters. The second-order valence-electron chi connectivity index (χ2n) is 4.71. The number of hydrogen-bond acceptors (Lipinski definition) is 3. The van der Waals surface area contributed by atoms with Gasteiger partial charge >= 0.3 is 5.97 Å². The number of likely N-dealkylation sites (tertiary alicyclic amines) is 1. The molecule has 1 fully saturated rings. The highest BCUT2D eigenvalue weighted by molar-refractivity contribution is 5.92. The molecule has 1 aromatic heterocycles. The van der Waals surface area contributed by atoms with Gasteiger partial charge in [-0.15, -0.1) is 0 Å². The molecule has 1 aromatic rings. The van der Waals surface area contributed by atoms with E-state index < -0.39 is 5.97 Å². The number of aliphatic carboxylic acids is 1. The van der Waals surface area contributed by atoms with Gasteiger partial charge in [0.2, 0.25) is 5.91 Å². The molecular weight excluding hydrogens is 246 g/mol. The Labute approximate surface area is 111 Å². The highest BCUT2D eigenvalue weighted by Crippen LogP contribution is 2.20. The Morgan fingerprint density at radius 1 is 1.58 bits per heavy atom. The maximum absolute atomic E-state index is 12.0. The van der Waals surface area contributed by atoms with Crippen molar-refractivity contribution in [3.63, 3.8) is 0 Å². The fraction of sp³-hybridized carbons (Fsp3) is 0.462. The van der Waals surface area contributed by atoms with Crippen molar-refractivity contribution in [3.8, 4) is 0 Å². The number of rotatable bonds is 4. The van der Waals surface area contributed by atoms with Crippen LogP contribution in [0.3, 0.4) is 0 Å². The minimum atomic E-state index is -0.860. The van der Waals surface area contributed by atoms with E-state index in [2.05, 4.69) is 5.10 Å². The van der Waals surface area contributed by atoms with E-state index in [9.17, 15) is 9.59 Å². The van der Waals surface area contributed by atoms with Crippen molar-refractivity contribution in [1.29, 1.82) is 0 Å². The van der Waals surface area contributed by atoms with Gasteiger partial charge in [0, 0.05) is 37.5 Å². The third-order valence-electron chi connectivity index (χ3n) is 3.21. The number of aryl methyl sites for hydroxylation is 1. The van der Waals surface area contributed by atoms with E-state index in [1.54, 1.807) is 21.9 Å². The van der Waals surface area contributed by atoms with Crippen LogP contribution in [0.1, 0.15) is 24.8 Å². The summed E-state index contributed by atoms with van der Waals surface area (Å²) in [6.07, 6.45) is 8.31. The largest absolute Gasteiger partial charge is 0.481 e. The van der Waals surface area contributed by atoms with Crippen molar-refractivity contribution in [1.82, 2.24) is 14.7 Å². The Bertz CT molecular complexity index is 507. The molecule has 1 N–H and O–H groups in total. The fourth-order valence-electron chi connectivity index (χ4n) is 2.33. The van der Waals surface area contributed by atoms with Crippen LogP contribution in [0.15, 0.2) is 18.5 Å². The molecule has 1 unspecified atom stereocenters. The van der Waals surface area contributed by atoms with Crippen molar-refractivity contribution in [2.75, 3.05) is 6.54 Å². The standard InChI is InChI=1S/C13H17N3O3/c1-15-9-10(8-14-15)4-5-12(17)16-6-2-3-11(16)7-13(18)19/h4-5,8-9,11H,2-3,6-7H2,1H3,(H,18,19)/b5-4+. The van der Waals surface area contributed by atoms with Crippen LogP contribution in [0, 0.1) is 0 Å². The van der Waals surface area contributed by atoms with Gasteiger partial charge in [-0.1, -0.05) is 0 Å². The molecule has 0 saturated carbocycles. The molecule has 0 aromatic carbocycles. The summed E-state index contributed by atoms with van der Waals surface area (Å²) in [4.78, 5) is 24.4. The third kappa shape index (κ3) is 3.43. The number of hydrogen-bond donors (Lipinski definition) is 1. The molecule has 0 spiro atoms. The molecule has 19 heavy (non-hydrogen) atoms. The lowest BCUT2D eigenvalue weighted by atomic mass is 10.1. The molecule has 0 aliphatic carbocycles. The lowest BCUT2D eigenvalue weighted by Crippen LogP contribution is -2.35. The van der Waals surface area contributed by atoms with Crippen molar-refractivity contribution >= 4 is 18.0 Å². The Kier molecular flexibility index (Phi) is 3.99. The zero-order chi connectivity index (χ0) is 13.8. The first-order valence-electron chi connectivity index (χ1n) is 6.25. The van der Waals surface area contributed by atoms with Crippen LogP contribution in [0.2, 0.25) is 0 Å². The van der Waals surface area contributed by atoms with Gasteiger partial charge < -0.3 is 10.0 Å². The van der Waals surface area contributed by atoms with Gasteiger partial charge in [0.15, 0.2) is 0 Å². The van der Waals surface area contributed by atoms with Crippen molar-refractivity contribution < 1.29 is 14.7 Å². The maximum atomic E-state index is 12.0. The zero-order valence-electron chi connectivity index (χ0n) is 10.8. The predicted octanol–water partition coefficient (Wildman–Crippen LogP) is 0.899. The molecule has 2 heterocycles. The SMILES string of the molecule is Cn1cc(/C=C/C(=O)N2CCCC2CC(=O)O)cn1. The normalized spacial score (nSPS) is 19.2. The summed E-state index contributed by atoms with van der Waals surface area (Å²) >= 11 is 0. The number of amides is 1. The molecule has 0 radical (unpaired) electrons. The first-order valence-corrected chi connectivity index (χ1v) is 6.25. The van der Waals surface area contributed by atoms with Gasteiger partial charge in [-0.3, -0.25) is 14.3 Å². The van der Waals surface area contributed by atoms with Crippen LogP contribution in [-0.4, -0.2) is 44.3 Å². The second-order valence-corrected chi connectivity index (χ2v) is 4.71. The third-order valence-corrected chi connectivity index (χ3v) is 3.21. The van der Waals surface area contributed by atoms with Crippen LogP contribution < -0.4 is 0 Å². The Morgan fingerprint density at radius 3 is 3.00 bits per heavy atom. The Balaban J connectivity index is 1.98. The summed E-state index contributed by atoms with van der Waals surface area (Å²) in [7, 11) is 1.81. The summed E-state index contributed by atoms with van der Waals surface area (Å²) in [5.74, 6) is -0.992. The van der Waals surface area contributed by atoms with Gasteiger partial charge in [0.1, 0.15) is 0 Å². The molecule has 1 aliphatic rings. The monoisotopic (exact) mass is 263 g/mol. The molecule has 6 nitrogen and oxygen atoms in total. The van der Waals surface area contributed by atoms with Crippen LogP contribution in [0.4, 0.5) is 0 Å². The van der Waals surface area contributed by atoms with E-state index in [1.807, 2.05) is 13.2 Å². The van der Waals surface area contributed by atoms with Crippen molar-refractivity contribution in [3.05, 3.63) is 24.0 Å². The van der Waals surface area contributed by atoms with Gasteiger partial charge in [-0.05, 0) is 18.9 Å². The van der Waals surface area contributed by atoms with E-state index in [-0.39, 0.29) is 18.4 Å². The summed E-state index contributed by atoms with van der Waals surface area (Å²) in [5, 5.41) is 12.8. The van der Waals surface area contributed by atoms with Crippen LogP contribution in [-0.2, 0) is 16.6 Å². The summed E-state index contributed by atoms with van der Waals surface area (Å²) in [6.45, 7) is 0.633. The molecule has 6 heteroatoms. The van der Waals surface area contributed by atoms with E-state index in [0.717, 1.165) is 18.4 Å². The smallest absolute Gasteiger partial charge is 0.305 e. The Hall–Kier alpha value is -2.11. The zero-order valence-corrected chi connectivity index (χ0v) is 10.8. The van der Waals surface area contributed by atoms with Crippen LogP contribution in [0.25, 0.3) is 6.08 Å². The van der Waals surface area contributed by atoms with Crippen molar-refractivity contribution in [2.45, 2.75) is 25.3 Å². The number of carbonyl (C=O) groups excluding carboxylic acids is 1. The topological polar surface area (TPSA) is 75.4 Å². The highest BCUT2D eigenvalue weighted by atomic mass is 16.4. The molecule has 0 bridgehead atoms. The first-order chi connectivity index (χ1) is 9.06. The van der Waals surface area contributed by atoms with Crippen LogP contribution in [0.5, 0.6) is 0 Å². The average molecular weight is 263 g/mol. The van der Waals surface area contributed by atoms with Crippen molar-refractivity contribution in [2.24, 2.45) is 7.05 Å². The minimum absolute atomic E-state index is 0.0203. The summed E-state index contributed by atoms with van der Waals surface area (Å²) in [6, 6.07) is -0.177. The quantitative estimate of drug-likeness (QED) is 0.819. The minimum Gasteiger partial charge on any atom is -0.481 e. The fourth-order valence-corrected chi connectivity index (χ4v) is 2.33. The molecule has 2 rings (SSSR count). The second kappa shape index (κ2) is 5.69. The lowest BCUT2D eigenvalue weighted by Gasteiger charge is -2.21. The van der Waals surface area contributed by atoms with E-state index in [4.69, 9.17) is 5.11 Å². The number of aromatic nitrogens is 2. The molecule has 1 aliphatic heterocycles. The van der Waals surface area contributed by atoms with Gasteiger partial charge in [-0.25, -0.2) is 0 Å². The van der Waals surface area contributed by atoms with E-state index in [0.29, 0.717) is 6.54 Å².